The van der Waals surface area contributed by atoms with Gasteiger partial charge in [0.15, 0.2) is 0 Å². The SMILES string of the molecule is CC[C@@H](CCC(=O)Nc1ccccc1Cl)C(=O)O. The number of anilines is 1. The number of carboxylic acids is 1. The minimum atomic E-state index is -0.858. The van der Waals surface area contributed by atoms with Gasteiger partial charge in [-0.15, -0.1) is 0 Å². The number of hydrogen-bond acceptors (Lipinski definition) is 2. The summed E-state index contributed by atoms with van der Waals surface area (Å²) in [7, 11) is 0. The van der Waals surface area contributed by atoms with Crippen molar-refractivity contribution in [3.05, 3.63) is 29.3 Å². The molecule has 2 N–H and O–H groups in total. The van der Waals surface area contributed by atoms with Gasteiger partial charge in [0.05, 0.1) is 16.6 Å². The molecule has 1 amide bonds. The molecule has 0 heterocycles. The van der Waals surface area contributed by atoms with Crippen LogP contribution in [0.2, 0.25) is 5.02 Å². The molecular formula is C13H16ClNO3. The molecule has 0 aliphatic rings. The standard InChI is InChI=1S/C13H16ClNO3/c1-2-9(13(17)18)7-8-12(16)15-11-6-4-3-5-10(11)14/h3-6,9H,2,7-8H2,1H3,(H,15,16)(H,17,18)/t9-/m0/s1. The molecule has 0 radical (unpaired) electrons. The molecule has 18 heavy (non-hydrogen) atoms. The van der Waals surface area contributed by atoms with Crippen molar-refractivity contribution in [2.24, 2.45) is 5.92 Å². The van der Waals surface area contributed by atoms with E-state index in [0.717, 1.165) is 0 Å². The number of amides is 1. The second kappa shape index (κ2) is 7.01. The van der Waals surface area contributed by atoms with E-state index in [9.17, 15) is 9.59 Å². The number of carboxylic acid groups (broad SMARTS) is 1. The number of benzene rings is 1. The van der Waals surface area contributed by atoms with E-state index in [1.165, 1.54) is 0 Å². The van der Waals surface area contributed by atoms with Crippen molar-refractivity contribution in [2.45, 2.75) is 26.2 Å². The summed E-state index contributed by atoms with van der Waals surface area (Å²) in [5.41, 5.74) is 0.549. The molecule has 0 saturated carbocycles. The summed E-state index contributed by atoms with van der Waals surface area (Å²) in [6.07, 6.45) is 1.03. The maximum Gasteiger partial charge on any atom is 0.306 e. The lowest BCUT2D eigenvalue weighted by molar-refractivity contribution is -0.142. The van der Waals surface area contributed by atoms with Gasteiger partial charge in [-0.25, -0.2) is 0 Å². The highest BCUT2D eigenvalue weighted by Crippen LogP contribution is 2.21. The quantitative estimate of drug-likeness (QED) is 0.834. The van der Waals surface area contributed by atoms with E-state index in [0.29, 0.717) is 23.6 Å². The van der Waals surface area contributed by atoms with Crippen LogP contribution >= 0.6 is 11.6 Å². The number of hydrogen-bond donors (Lipinski definition) is 2. The van der Waals surface area contributed by atoms with Gasteiger partial charge in [0.25, 0.3) is 0 Å². The number of rotatable bonds is 6. The molecule has 0 fully saturated rings. The fourth-order valence-electron chi connectivity index (χ4n) is 1.58. The first kappa shape index (κ1) is 14.5. The normalized spacial score (nSPS) is 11.9. The zero-order valence-electron chi connectivity index (χ0n) is 10.1. The predicted molar refractivity (Wildman–Crippen MR) is 70.7 cm³/mol. The van der Waals surface area contributed by atoms with Crippen molar-refractivity contribution in [3.63, 3.8) is 0 Å². The summed E-state index contributed by atoms with van der Waals surface area (Å²) < 4.78 is 0. The minimum Gasteiger partial charge on any atom is -0.481 e. The number of nitrogens with one attached hydrogen (secondary N) is 1. The first-order valence-electron chi connectivity index (χ1n) is 5.81. The molecule has 1 aromatic rings. The van der Waals surface area contributed by atoms with Crippen LogP contribution in [0.25, 0.3) is 0 Å². The molecule has 4 nitrogen and oxygen atoms in total. The van der Waals surface area contributed by atoms with Gasteiger partial charge in [0.1, 0.15) is 0 Å². The Balaban J connectivity index is 2.48. The molecule has 1 rings (SSSR count). The van der Waals surface area contributed by atoms with Crippen LogP contribution in [-0.2, 0) is 9.59 Å². The van der Waals surface area contributed by atoms with Gasteiger partial charge >= 0.3 is 5.97 Å². The molecule has 98 valence electrons. The third kappa shape index (κ3) is 4.37. The van der Waals surface area contributed by atoms with E-state index in [4.69, 9.17) is 16.7 Å². The van der Waals surface area contributed by atoms with E-state index in [1.807, 2.05) is 0 Å². The van der Waals surface area contributed by atoms with E-state index >= 15 is 0 Å². The number of para-hydroxylation sites is 1. The summed E-state index contributed by atoms with van der Waals surface area (Å²) in [6.45, 7) is 1.80. The zero-order chi connectivity index (χ0) is 13.5. The van der Waals surface area contributed by atoms with Gasteiger partial charge in [-0.05, 0) is 25.0 Å². The predicted octanol–water partition coefficient (Wildman–Crippen LogP) is 3.17. The van der Waals surface area contributed by atoms with Gasteiger partial charge in [-0.2, -0.15) is 0 Å². The first-order valence-corrected chi connectivity index (χ1v) is 6.19. The molecule has 0 unspecified atom stereocenters. The summed E-state index contributed by atoms with van der Waals surface area (Å²) in [6, 6.07) is 6.93. The first-order chi connectivity index (χ1) is 8.54. The van der Waals surface area contributed by atoms with Gasteiger partial charge < -0.3 is 10.4 Å². The zero-order valence-corrected chi connectivity index (χ0v) is 10.9. The second-order valence-corrected chi connectivity index (χ2v) is 4.42. The van der Waals surface area contributed by atoms with E-state index in [2.05, 4.69) is 5.32 Å². The number of aliphatic carboxylic acids is 1. The molecule has 1 atom stereocenters. The van der Waals surface area contributed by atoms with Crippen LogP contribution in [0, 0.1) is 5.92 Å². The Labute approximate surface area is 111 Å². The molecule has 5 heteroatoms. The van der Waals surface area contributed by atoms with Crippen molar-refractivity contribution >= 4 is 29.2 Å². The lowest BCUT2D eigenvalue weighted by Crippen LogP contribution is -2.17. The van der Waals surface area contributed by atoms with E-state index in [1.54, 1.807) is 31.2 Å². The van der Waals surface area contributed by atoms with Gasteiger partial charge in [0, 0.05) is 6.42 Å². The summed E-state index contributed by atoms with van der Waals surface area (Å²) in [5.74, 6) is -1.55. The van der Waals surface area contributed by atoms with Crippen LogP contribution < -0.4 is 5.32 Å². The van der Waals surface area contributed by atoms with Crippen molar-refractivity contribution in [1.29, 1.82) is 0 Å². The van der Waals surface area contributed by atoms with Crippen molar-refractivity contribution < 1.29 is 14.7 Å². The number of carbonyl (C=O) groups is 2. The molecule has 0 aliphatic heterocycles. The Morgan fingerprint density at radius 3 is 2.61 bits per heavy atom. The van der Waals surface area contributed by atoms with E-state index < -0.39 is 11.9 Å². The maximum atomic E-state index is 11.6. The molecule has 0 aromatic heterocycles. The van der Waals surface area contributed by atoms with Crippen molar-refractivity contribution in [3.8, 4) is 0 Å². The molecule has 0 spiro atoms. The largest absolute Gasteiger partial charge is 0.481 e. The Morgan fingerprint density at radius 1 is 1.39 bits per heavy atom. The lowest BCUT2D eigenvalue weighted by Gasteiger charge is -2.10. The van der Waals surface area contributed by atoms with Crippen LogP contribution in [0.4, 0.5) is 5.69 Å². The highest BCUT2D eigenvalue weighted by Gasteiger charge is 2.16. The summed E-state index contributed by atoms with van der Waals surface area (Å²) in [5, 5.41) is 12.0. The summed E-state index contributed by atoms with van der Waals surface area (Å²) in [4.78, 5) is 22.4. The lowest BCUT2D eigenvalue weighted by atomic mass is 10.0. The third-order valence-electron chi connectivity index (χ3n) is 2.71. The van der Waals surface area contributed by atoms with Crippen molar-refractivity contribution in [2.75, 3.05) is 5.32 Å². The fraction of sp³-hybridized carbons (Fsp3) is 0.385. The van der Waals surface area contributed by atoms with Crippen molar-refractivity contribution in [1.82, 2.24) is 0 Å². The second-order valence-electron chi connectivity index (χ2n) is 4.01. The van der Waals surface area contributed by atoms with Gasteiger partial charge in [0.2, 0.25) is 5.91 Å². The molecule has 0 aliphatic carbocycles. The van der Waals surface area contributed by atoms with Gasteiger partial charge in [-0.3, -0.25) is 9.59 Å². The smallest absolute Gasteiger partial charge is 0.306 e. The topological polar surface area (TPSA) is 66.4 Å². The fourth-order valence-corrected chi connectivity index (χ4v) is 1.77. The Bertz CT molecular complexity index is 434. The minimum absolute atomic E-state index is 0.177. The Kier molecular flexibility index (Phi) is 5.65. The monoisotopic (exact) mass is 269 g/mol. The maximum absolute atomic E-state index is 11.6. The highest BCUT2D eigenvalue weighted by atomic mass is 35.5. The Morgan fingerprint density at radius 2 is 2.06 bits per heavy atom. The average Bonchev–Trinajstić information content (AvgIpc) is 2.32. The third-order valence-corrected chi connectivity index (χ3v) is 3.04. The molecule has 0 bridgehead atoms. The van der Waals surface area contributed by atoms with E-state index in [-0.39, 0.29) is 12.3 Å². The van der Waals surface area contributed by atoms with Crippen LogP contribution in [0.5, 0.6) is 0 Å². The Hall–Kier alpha value is -1.55. The number of halogens is 1. The van der Waals surface area contributed by atoms with Crippen LogP contribution in [-0.4, -0.2) is 17.0 Å². The van der Waals surface area contributed by atoms with Crippen LogP contribution in [0.15, 0.2) is 24.3 Å². The molecule has 0 saturated heterocycles. The van der Waals surface area contributed by atoms with Gasteiger partial charge in [-0.1, -0.05) is 30.7 Å². The average molecular weight is 270 g/mol. The number of carbonyl (C=O) groups excluding carboxylic acids is 1. The van der Waals surface area contributed by atoms with Crippen LogP contribution in [0.3, 0.4) is 0 Å². The molecular weight excluding hydrogens is 254 g/mol. The molecule has 1 aromatic carbocycles. The van der Waals surface area contributed by atoms with Crippen LogP contribution in [0.1, 0.15) is 26.2 Å². The highest BCUT2D eigenvalue weighted by molar-refractivity contribution is 6.33. The summed E-state index contributed by atoms with van der Waals surface area (Å²) >= 11 is 5.90.